The van der Waals surface area contributed by atoms with Crippen LogP contribution in [-0.4, -0.2) is 19.5 Å². The summed E-state index contributed by atoms with van der Waals surface area (Å²) in [6.45, 7) is 0. The van der Waals surface area contributed by atoms with Gasteiger partial charge < -0.3 is 9.88 Å². The molecule has 0 saturated heterocycles. The molecule has 0 aliphatic carbocycles. The number of fused-ring (bicyclic) bond motifs is 3. The van der Waals surface area contributed by atoms with Gasteiger partial charge in [-0.3, -0.25) is 4.98 Å². The largest absolute Gasteiger partial charge is 0.328 e. The van der Waals surface area contributed by atoms with Crippen molar-refractivity contribution in [2.75, 3.05) is 5.32 Å². The van der Waals surface area contributed by atoms with Gasteiger partial charge in [0.05, 0.1) is 22.6 Å². The second-order valence-corrected chi connectivity index (χ2v) is 5.73. The number of anilines is 2. The van der Waals surface area contributed by atoms with Crippen molar-refractivity contribution in [3.05, 3.63) is 48.9 Å². The summed E-state index contributed by atoms with van der Waals surface area (Å²) in [5.74, 6) is 1.31. The van der Waals surface area contributed by atoms with Crippen LogP contribution in [0.5, 0.6) is 0 Å². The van der Waals surface area contributed by atoms with Crippen molar-refractivity contribution in [1.29, 1.82) is 0 Å². The van der Waals surface area contributed by atoms with Crippen molar-refractivity contribution in [1.82, 2.24) is 19.5 Å². The van der Waals surface area contributed by atoms with E-state index in [1.54, 1.807) is 18.3 Å². The van der Waals surface area contributed by atoms with Crippen LogP contribution in [0.4, 0.5) is 15.5 Å². The number of halogens is 1. The first-order chi connectivity index (χ1) is 11.3. The molecule has 4 rings (SSSR count). The van der Waals surface area contributed by atoms with E-state index >= 15 is 0 Å². The Bertz CT molecular complexity index is 997. The average molecular weight is 325 g/mol. The standard InChI is InChI=1S/C16H12FN5S/c1-22-13-6-7-18-9-12(13)11-3-5-15(21-16(11)22)20-14-4-2-10(23-17)8-19-14/h2-9H,1H3,(H,19,20,21). The molecule has 7 heteroatoms. The van der Waals surface area contributed by atoms with E-state index in [4.69, 9.17) is 0 Å². The first-order valence-electron chi connectivity index (χ1n) is 6.97. The Labute approximate surface area is 135 Å². The highest BCUT2D eigenvalue weighted by Crippen LogP contribution is 2.28. The molecule has 0 spiro atoms. The van der Waals surface area contributed by atoms with Crippen LogP contribution < -0.4 is 5.32 Å². The van der Waals surface area contributed by atoms with Gasteiger partial charge in [-0.2, -0.15) is 3.89 Å². The molecular weight excluding hydrogens is 313 g/mol. The number of rotatable bonds is 3. The SMILES string of the molecule is Cn1c2ccncc2c2ccc(Nc3ccc(SF)cn3)nc21. The summed E-state index contributed by atoms with van der Waals surface area (Å²) in [7, 11) is 1.98. The van der Waals surface area contributed by atoms with Crippen LogP contribution >= 0.6 is 12.1 Å². The third-order valence-electron chi connectivity index (χ3n) is 3.72. The molecule has 0 aromatic carbocycles. The van der Waals surface area contributed by atoms with E-state index in [0.717, 1.165) is 21.9 Å². The number of nitrogens with one attached hydrogen (secondary N) is 1. The van der Waals surface area contributed by atoms with Gasteiger partial charge in [-0.1, -0.05) is 0 Å². The minimum absolute atomic E-state index is 0.175. The van der Waals surface area contributed by atoms with Crippen LogP contribution in [0.3, 0.4) is 0 Å². The van der Waals surface area contributed by atoms with Crippen molar-refractivity contribution in [3.63, 3.8) is 0 Å². The van der Waals surface area contributed by atoms with Crippen molar-refractivity contribution in [3.8, 4) is 0 Å². The first kappa shape index (κ1) is 14.0. The van der Waals surface area contributed by atoms with Gasteiger partial charge in [0.1, 0.15) is 17.3 Å². The first-order valence-corrected chi connectivity index (χ1v) is 7.69. The third-order valence-corrected chi connectivity index (χ3v) is 4.14. The van der Waals surface area contributed by atoms with Gasteiger partial charge in [0.15, 0.2) is 0 Å². The molecule has 1 N–H and O–H groups in total. The lowest BCUT2D eigenvalue weighted by Gasteiger charge is -2.05. The molecule has 0 aliphatic rings. The highest BCUT2D eigenvalue weighted by atomic mass is 32.2. The van der Waals surface area contributed by atoms with Crippen LogP contribution in [0.2, 0.25) is 0 Å². The average Bonchev–Trinajstić information content (AvgIpc) is 2.89. The molecule has 0 radical (unpaired) electrons. The Morgan fingerprint density at radius 1 is 1.04 bits per heavy atom. The molecule has 4 aromatic rings. The molecule has 0 unspecified atom stereocenters. The van der Waals surface area contributed by atoms with Gasteiger partial charge in [0.2, 0.25) is 0 Å². The fourth-order valence-corrected chi connectivity index (χ4v) is 2.83. The van der Waals surface area contributed by atoms with E-state index in [1.807, 2.05) is 36.0 Å². The fraction of sp³-hybridized carbons (Fsp3) is 0.0625. The summed E-state index contributed by atoms with van der Waals surface area (Å²) in [6, 6.07) is 9.27. The minimum atomic E-state index is 0.175. The fourth-order valence-electron chi connectivity index (χ4n) is 2.62. The molecule has 0 saturated carbocycles. The Morgan fingerprint density at radius 2 is 1.91 bits per heavy atom. The third kappa shape index (κ3) is 2.39. The van der Waals surface area contributed by atoms with Gasteiger partial charge in [0.25, 0.3) is 0 Å². The maximum absolute atomic E-state index is 12.4. The molecule has 0 fully saturated rings. The molecule has 4 heterocycles. The number of nitrogens with zero attached hydrogens (tertiary/aromatic N) is 4. The number of hydrogen-bond acceptors (Lipinski definition) is 5. The monoisotopic (exact) mass is 325 g/mol. The topological polar surface area (TPSA) is 55.6 Å². The van der Waals surface area contributed by atoms with Crippen molar-refractivity contribution >= 4 is 45.7 Å². The van der Waals surface area contributed by atoms with Gasteiger partial charge in [-0.25, -0.2) is 9.97 Å². The summed E-state index contributed by atoms with van der Waals surface area (Å²) in [5, 5.41) is 5.27. The van der Waals surface area contributed by atoms with Crippen molar-refractivity contribution in [2.45, 2.75) is 4.90 Å². The summed E-state index contributed by atoms with van der Waals surface area (Å²) in [6.07, 6.45) is 5.10. The second-order valence-electron chi connectivity index (χ2n) is 5.10. The van der Waals surface area contributed by atoms with Crippen LogP contribution in [0.1, 0.15) is 0 Å². The maximum Gasteiger partial charge on any atom is 0.143 e. The van der Waals surface area contributed by atoms with Gasteiger partial charge >= 0.3 is 0 Å². The molecule has 4 aromatic heterocycles. The smallest absolute Gasteiger partial charge is 0.143 e. The van der Waals surface area contributed by atoms with Gasteiger partial charge in [-0.05, 0) is 30.3 Å². The van der Waals surface area contributed by atoms with E-state index in [2.05, 4.69) is 20.3 Å². The molecule has 5 nitrogen and oxygen atoms in total. The molecule has 0 aliphatic heterocycles. The van der Waals surface area contributed by atoms with E-state index in [9.17, 15) is 3.89 Å². The lowest BCUT2D eigenvalue weighted by molar-refractivity contribution is 0.932. The molecule has 0 atom stereocenters. The van der Waals surface area contributed by atoms with Crippen LogP contribution in [0.25, 0.3) is 21.9 Å². The Kier molecular flexibility index (Phi) is 3.34. The maximum atomic E-state index is 12.4. The number of aryl methyl sites for hydroxylation is 1. The molecular formula is C16H12FN5S. The summed E-state index contributed by atoms with van der Waals surface area (Å²) in [5.41, 5.74) is 1.95. The molecule has 23 heavy (non-hydrogen) atoms. The van der Waals surface area contributed by atoms with Crippen LogP contribution in [-0.2, 0) is 7.05 Å². The second kappa shape index (κ2) is 5.51. The highest BCUT2D eigenvalue weighted by molar-refractivity contribution is 7.94. The van der Waals surface area contributed by atoms with E-state index < -0.39 is 0 Å². The molecule has 0 amide bonds. The Morgan fingerprint density at radius 3 is 2.70 bits per heavy atom. The van der Waals surface area contributed by atoms with Crippen LogP contribution in [0, 0.1) is 0 Å². The zero-order valence-electron chi connectivity index (χ0n) is 12.2. The van der Waals surface area contributed by atoms with Crippen molar-refractivity contribution < 1.29 is 3.89 Å². The summed E-state index contributed by atoms with van der Waals surface area (Å²) >= 11 is 0.175. The number of hydrogen-bond donors (Lipinski definition) is 1. The van der Waals surface area contributed by atoms with E-state index in [1.165, 1.54) is 6.20 Å². The van der Waals surface area contributed by atoms with Crippen molar-refractivity contribution in [2.24, 2.45) is 7.05 Å². The predicted octanol–water partition coefficient (Wildman–Crippen LogP) is 4.24. The van der Waals surface area contributed by atoms with Crippen LogP contribution in [0.15, 0.2) is 53.8 Å². The highest BCUT2D eigenvalue weighted by Gasteiger charge is 2.10. The molecule has 0 bridgehead atoms. The Hall–Kier alpha value is -2.67. The number of aromatic nitrogens is 4. The summed E-state index contributed by atoms with van der Waals surface area (Å²) < 4.78 is 14.5. The predicted molar refractivity (Wildman–Crippen MR) is 90.5 cm³/mol. The number of pyridine rings is 3. The van der Waals surface area contributed by atoms with Gasteiger partial charge in [-0.15, -0.1) is 0 Å². The van der Waals surface area contributed by atoms with Gasteiger partial charge in [0, 0.05) is 36.4 Å². The molecule has 114 valence electrons. The minimum Gasteiger partial charge on any atom is -0.328 e. The van der Waals surface area contributed by atoms with E-state index in [-0.39, 0.29) is 12.1 Å². The summed E-state index contributed by atoms with van der Waals surface area (Å²) in [4.78, 5) is 13.5. The Balaban J connectivity index is 1.76. The lowest BCUT2D eigenvalue weighted by Crippen LogP contribution is -1.97. The lowest BCUT2D eigenvalue weighted by atomic mass is 10.2. The normalized spacial score (nSPS) is 11.2. The zero-order valence-corrected chi connectivity index (χ0v) is 13.0. The van der Waals surface area contributed by atoms with E-state index in [0.29, 0.717) is 16.5 Å². The quantitative estimate of drug-likeness (QED) is 0.610. The zero-order chi connectivity index (χ0) is 15.8.